The van der Waals surface area contributed by atoms with Crippen molar-refractivity contribution in [2.45, 2.75) is 64.8 Å². The first-order valence-corrected chi connectivity index (χ1v) is 6.44. The highest BCUT2D eigenvalue weighted by atomic mass is 15.1. The number of nitrogens with zero attached hydrogens (tertiary/aromatic N) is 1. The van der Waals surface area contributed by atoms with Crippen molar-refractivity contribution in [1.29, 1.82) is 0 Å². The van der Waals surface area contributed by atoms with Crippen molar-refractivity contribution in [1.82, 2.24) is 4.90 Å². The Hall–Kier alpha value is -0.0400. The van der Waals surface area contributed by atoms with E-state index in [4.69, 9.17) is 0 Å². The van der Waals surface area contributed by atoms with Crippen LogP contribution in [0.5, 0.6) is 0 Å². The number of rotatable bonds is 5. The van der Waals surface area contributed by atoms with Crippen LogP contribution in [0.2, 0.25) is 0 Å². The summed E-state index contributed by atoms with van der Waals surface area (Å²) < 4.78 is 0. The average molecular weight is 197 g/mol. The first-order chi connectivity index (χ1) is 6.74. The zero-order chi connectivity index (χ0) is 10.4. The van der Waals surface area contributed by atoms with Crippen LogP contribution in [-0.2, 0) is 0 Å². The molecule has 0 radical (unpaired) electrons. The second-order valence-corrected chi connectivity index (χ2v) is 5.10. The van der Waals surface area contributed by atoms with E-state index in [9.17, 15) is 0 Å². The highest BCUT2D eigenvalue weighted by molar-refractivity contribution is 4.76. The summed E-state index contributed by atoms with van der Waals surface area (Å²) in [6, 6.07) is 0.892. The molecular weight excluding hydrogens is 170 g/mol. The molecule has 1 rings (SSSR count). The third-order valence-electron chi connectivity index (χ3n) is 3.72. The van der Waals surface area contributed by atoms with E-state index in [1.165, 1.54) is 51.5 Å². The Kier molecular flexibility index (Phi) is 5.54. The van der Waals surface area contributed by atoms with Gasteiger partial charge in [-0.15, -0.1) is 0 Å². The first-order valence-electron chi connectivity index (χ1n) is 6.44. The number of hydrogen-bond donors (Lipinski definition) is 0. The predicted octanol–water partition coefficient (Wildman–Crippen LogP) is 3.69. The van der Waals surface area contributed by atoms with Crippen molar-refractivity contribution in [2.75, 3.05) is 13.6 Å². The van der Waals surface area contributed by atoms with Gasteiger partial charge < -0.3 is 4.90 Å². The molecule has 0 aromatic heterocycles. The average Bonchev–Trinajstić information content (AvgIpc) is 2.19. The fraction of sp³-hybridized carbons (Fsp3) is 1.00. The smallest absolute Gasteiger partial charge is 0.00924 e. The van der Waals surface area contributed by atoms with Crippen molar-refractivity contribution in [3.8, 4) is 0 Å². The summed E-state index contributed by atoms with van der Waals surface area (Å²) in [5.74, 6) is 0.982. The molecule has 0 bridgehead atoms. The molecule has 0 saturated heterocycles. The molecule has 1 heteroatoms. The molecule has 0 aromatic rings. The highest BCUT2D eigenvalue weighted by Crippen LogP contribution is 2.26. The van der Waals surface area contributed by atoms with E-state index in [1.54, 1.807) is 0 Å². The summed E-state index contributed by atoms with van der Waals surface area (Å²) in [5.41, 5.74) is 0. The third-order valence-corrected chi connectivity index (χ3v) is 3.72. The van der Waals surface area contributed by atoms with Crippen LogP contribution in [0.1, 0.15) is 58.8 Å². The molecule has 1 aliphatic carbocycles. The van der Waals surface area contributed by atoms with E-state index in [-0.39, 0.29) is 0 Å². The molecule has 1 nitrogen and oxygen atoms in total. The molecule has 14 heavy (non-hydrogen) atoms. The molecule has 1 fully saturated rings. The molecule has 0 aliphatic heterocycles. The molecule has 0 spiro atoms. The van der Waals surface area contributed by atoms with Gasteiger partial charge in [-0.3, -0.25) is 0 Å². The lowest BCUT2D eigenvalue weighted by Gasteiger charge is -2.33. The Labute approximate surface area is 89.9 Å². The molecular formula is C13H27N. The monoisotopic (exact) mass is 197 g/mol. The van der Waals surface area contributed by atoms with Crippen LogP contribution in [-0.4, -0.2) is 24.5 Å². The van der Waals surface area contributed by atoms with E-state index in [1.807, 2.05) is 0 Å². The van der Waals surface area contributed by atoms with Crippen LogP contribution in [0.3, 0.4) is 0 Å². The van der Waals surface area contributed by atoms with E-state index in [0.717, 1.165) is 12.0 Å². The van der Waals surface area contributed by atoms with Gasteiger partial charge >= 0.3 is 0 Å². The minimum absolute atomic E-state index is 0.892. The minimum atomic E-state index is 0.892. The molecule has 1 aliphatic rings. The van der Waals surface area contributed by atoms with Gasteiger partial charge in [0.1, 0.15) is 0 Å². The highest BCUT2D eigenvalue weighted by Gasteiger charge is 2.20. The molecule has 1 saturated carbocycles. The minimum Gasteiger partial charge on any atom is -0.303 e. The van der Waals surface area contributed by atoms with Gasteiger partial charge in [0.15, 0.2) is 0 Å². The van der Waals surface area contributed by atoms with Crippen molar-refractivity contribution < 1.29 is 0 Å². The van der Waals surface area contributed by atoms with Gasteiger partial charge in [0.25, 0.3) is 0 Å². The van der Waals surface area contributed by atoms with Crippen LogP contribution < -0.4 is 0 Å². The lowest BCUT2D eigenvalue weighted by molar-refractivity contribution is 0.168. The Morgan fingerprint density at radius 1 is 1.07 bits per heavy atom. The van der Waals surface area contributed by atoms with Crippen molar-refractivity contribution in [2.24, 2.45) is 5.92 Å². The van der Waals surface area contributed by atoms with Gasteiger partial charge in [0.2, 0.25) is 0 Å². The van der Waals surface area contributed by atoms with Crippen molar-refractivity contribution in [3.05, 3.63) is 0 Å². The van der Waals surface area contributed by atoms with Gasteiger partial charge in [0, 0.05) is 6.04 Å². The zero-order valence-corrected chi connectivity index (χ0v) is 10.3. The van der Waals surface area contributed by atoms with E-state index in [0.29, 0.717) is 0 Å². The Balaban J connectivity index is 2.13. The van der Waals surface area contributed by atoms with Gasteiger partial charge in [-0.05, 0) is 51.6 Å². The summed E-state index contributed by atoms with van der Waals surface area (Å²) >= 11 is 0. The molecule has 0 N–H and O–H groups in total. The maximum absolute atomic E-state index is 2.60. The largest absolute Gasteiger partial charge is 0.303 e. The topological polar surface area (TPSA) is 3.24 Å². The SMILES string of the molecule is CCCCCN(C)C1CCC(C)CC1. The molecule has 0 aromatic carbocycles. The summed E-state index contributed by atoms with van der Waals surface area (Å²) in [7, 11) is 2.32. The number of unbranched alkanes of at least 4 members (excludes halogenated alkanes) is 2. The maximum Gasteiger partial charge on any atom is 0.00924 e. The summed E-state index contributed by atoms with van der Waals surface area (Å²) in [4.78, 5) is 2.60. The summed E-state index contributed by atoms with van der Waals surface area (Å²) in [5, 5.41) is 0. The van der Waals surface area contributed by atoms with Gasteiger partial charge in [0.05, 0.1) is 0 Å². The molecule has 84 valence electrons. The Morgan fingerprint density at radius 2 is 1.71 bits per heavy atom. The van der Waals surface area contributed by atoms with Crippen molar-refractivity contribution >= 4 is 0 Å². The lowest BCUT2D eigenvalue weighted by atomic mass is 9.87. The second-order valence-electron chi connectivity index (χ2n) is 5.10. The van der Waals surface area contributed by atoms with Crippen LogP contribution in [0.25, 0.3) is 0 Å². The van der Waals surface area contributed by atoms with Gasteiger partial charge in [-0.1, -0.05) is 26.7 Å². The standard InChI is InChI=1S/C13H27N/c1-4-5-6-11-14(3)13-9-7-12(2)8-10-13/h12-13H,4-11H2,1-3H3. The zero-order valence-electron chi connectivity index (χ0n) is 10.3. The van der Waals surface area contributed by atoms with E-state index < -0.39 is 0 Å². The quantitative estimate of drug-likeness (QED) is 0.608. The maximum atomic E-state index is 2.60. The fourth-order valence-corrected chi connectivity index (χ4v) is 2.48. The predicted molar refractivity (Wildman–Crippen MR) is 63.6 cm³/mol. The summed E-state index contributed by atoms with van der Waals surface area (Å²) in [6.45, 7) is 5.99. The molecule has 0 unspecified atom stereocenters. The number of hydrogen-bond acceptors (Lipinski definition) is 1. The lowest BCUT2D eigenvalue weighted by Crippen LogP contribution is -2.35. The summed E-state index contributed by atoms with van der Waals surface area (Å²) in [6.07, 6.45) is 9.89. The van der Waals surface area contributed by atoms with E-state index in [2.05, 4.69) is 25.8 Å². The Morgan fingerprint density at radius 3 is 2.29 bits per heavy atom. The fourth-order valence-electron chi connectivity index (χ4n) is 2.48. The van der Waals surface area contributed by atoms with Crippen LogP contribution in [0.4, 0.5) is 0 Å². The van der Waals surface area contributed by atoms with Gasteiger partial charge in [-0.2, -0.15) is 0 Å². The van der Waals surface area contributed by atoms with Crippen molar-refractivity contribution in [3.63, 3.8) is 0 Å². The normalized spacial score (nSPS) is 28.3. The second kappa shape index (κ2) is 6.44. The van der Waals surface area contributed by atoms with E-state index >= 15 is 0 Å². The molecule has 0 heterocycles. The molecule has 0 atom stereocenters. The Bertz CT molecular complexity index is 136. The third kappa shape index (κ3) is 4.00. The first kappa shape index (κ1) is 12.0. The van der Waals surface area contributed by atoms with Crippen LogP contribution in [0.15, 0.2) is 0 Å². The van der Waals surface area contributed by atoms with Gasteiger partial charge in [-0.25, -0.2) is 0 Å². The van der Waals surface area contributed by atoms with Crippen LogP contribution in [0, 0.1) is 5.92 Å². The molecule has 0 amide bonds. The van der Waals surface area contributed by atoms with Crippen LogP contribution >= 0.6 is 0 Å².